The molecule has 1 atom stereocenters. The van der Waals surface area contributed by atoms with Gasteiger partial charge in [-0.3, -0.25) is 4.79 Å². The Kier molecular flexibility index (Phi) is 3.87. The number of benzene rings is 2. The summed E-state index contributed by atoms with van der Waals surface area (Å²) in [5, 5.41) is 2.84. The minimum atomic E-state index is -0.534. The third kappa shape index (κ3) is 2.70. The van der Waals surface area contributed by atoms with Crippen molar-refractivity contribution in [3.05, 3.63) is 48.0 Å². The number of hydrogen-bond donors (Lipinski definition) is 1. The maximum Gasteiger partial charge on any atom is 0.265 e. The average molecular weight is 299 g/mol. The summed E-state index contributed by atoms with van der Waals surface area (Å²) in [5.74, 6) is 1.78. The third-order valence-electron chi connectivity index (χ3n) is 3.60. The third-order valence-corrected chi connectivity index (χ3v) is 3.60. The van der Waals surface area contributed by atoms with Crippen LogP contribution in [0.4, 0.5) is 5.69 Å². The number of hydrogen-bond acceptors (Lipinski definition) is 4. The molecule has 2 aromatic rings. The van der Waals surface area contributed by atoms with E-state index < -0.39 is 6.10 Å². The highest BCUT2D eigenvalue weighted by atomic mass is 16.5. The van der Waals surface area contributed by atoms with Crippen LogP contribution in [0.1, 0.15) is 5.56 Å². The zero-order chi connectivity index (χ0) is 15.5. The topological polar surface area (TPSA) is 56.8 Å². The summed E-state index contributed by atoms with van der Waals surface area (Å²) in [6.07, 6.45) is 0.0298. The standard InChI is InChI=1S/C17H17NO4/c1-20-12-7-8-15(21-2)13(10-12)18-17(19)16-9-11-5-3-4-6-14(11)22-16/h3-8,10,16H,9H2,1-2H3,(H,18,19)/t16-/m0/s1. The highest BCUT2D eigenvalue weighted by Gasteiger charge is 2.29. The first-order chi connectivity index (χ1) is 10.7. The van der Waals surface area contributed by atoms with Crippen molar-refractivity contribution >= 4 is 11.6 Å². The molecule has 0 bridgehead atoms. The summed E-state index contributed by atoms with van der Waals surface area (Å²) in [6.45, 7) is 0. The van der Waals surface area contributed by atoms with E-state index in [1.54, 1.807) is 32.4 Å². The van der Waals surface area contributed by atoms with E-state index in [0.29, 0.717) is 23.6 Å². The molecule has 1 aliphatic rings. The van der Waals surface area contributed by atoms with E-state index in [0.717, 1.165) is 11.3 Å². The van der Waals surface area contributed by atoms with Crippen molar-refractivity contribution in [2.45, 2.75) is 12.5 Å². The maximum atomic E-state index is 12.4. The molecule has 0 saturated carbocycles. The molecule has 0 aromatic heterocycles. The molecule has 0 unspecified atom stereocenters. The summed E-state index contributed by atoms with van der Waals surface area (Å²) < 4.78 is 16.1. The van der Waals surface area contributed by atoms with E-state index in [-0.39, 0.29) is 5.91 Å². The number of para-hydroxylation sites is 1. The summed E-state index contributed by atoms with van der Waals surface area (Å²) in [4.78, 5) is 12.4. The number of amides is 1. The van der Waals surface area contributed by atoms with Gasteiger partial charge in [-0.05, 0) is 23.8 Å². The van der Waals surface area contributed by atoms with Crippen molar-refractivity contribution in [2.24, 2.45) is 0 Å². The second kappa shape index (κ2) is 5.97. The van der Waals surface area contributed by atoms with E-state index in [1.165, 1.54) is 0 Å². The van der Waals surface area contributed by atoms with Crippen molar-refractivity contribution in [3.8, 4) is 17.2 Å². The molecule has 0 aliphatic carbocycles. The fourth-order valence-corrected chi connectivity index (χ4v) is 2.45. The molecule has 1 aliphatic heterocycles. The van der Waals surface area contributed by atoms with Gasteiger partial charge in [-0.15, -0.1) is 0 Å². The Balaban J connectivity index is 1.75. The second-order valence-corrected chi connectivity index (χ2v) is 4.97. The maximum absolute atomic E-state index is 12.4. The van der Waals surface area contributed by atoms with Crippen LogP contribution < -0.4 is 19.5 Å². The molecule has 1 amide bonds. The van der Waals surface area contributed by atoms with Gasteiger partial charge in [0.1, 0.15) is 17.2 Å². The van der Waals surface area contributed by atoms with Gasteiger partial charge in [0.15, 0.2) is 6.10 Å². The SMILES string of the molecule is COc1ccc(OC)c(NC(=O)[C@@H]2Cc3ccccc3O2)c1. The van der Waals surface area contributed by atoms with Crippen molar-refractivity contribution in [1.82, 2.24) is 0 Å². The van der Waals surface area contributed by atoms with Crippen molar-refractivity contribution in [3.63, 3.8) is 0 Å². The van der Waals surface area contributed by atoms with Crippen molar-refractivity contribution < 1.29 is 19.0 Å². The number of carbonyl (C=O) groups excluding carboxylic acids is 1. The van der Waals surface area contributed by atoms with E-state index in [2.05, 4.69) is 5.32 Å². The van der Waals surface area contributed by atoms with Crippen molar-refractivity contribution in [2.75, 3.05) is 19.5 Å². The summed E-state index contributed by atoms with van der Waals surface area (Å²) in [5.41, 5.74) is 1.60. The lowest BCUT2D eigenvalue weighted by Gasteiger charge is -2.14. The predicted octanol–water partition coefficient (Wildman–Crippen LogP) is 2.65. The normalized spacial score (nSPS) is 15.6. The van der Waals surface area contributed by atoms with Crippen LogP contribution in [0.3, 0.4) is 0 Å². The molecular formula is C17H17NO4. The van der Waals surface area contributed by atoms with Crippen LogP contribution >= 0.6 is 0 Å². The van der Waals surface area contributed by atoms with E-state index in [1.807, 2.05) is 24.3 Å². The number of methoxy groups -OCH3 is 2. The number of ether oxygens (including phenoxy) is 3. The summed E-state index contributed by atoms with van der Waals surface area (Å²) >= 11 is 0. The predicted molar refractivity (Wildman–Crippen MR) is 82.7 cm³/mol. The first kappa shape index (κ1) is 14.3. The average Bonchev–Trinajstić information content (AvgIpc) is 2.99. The Morgan fingerprint density at radius 2 is 2.00 bits per heavy atom. The zero-order valence-electron chi connectivity index (χ0n) is 12.5. The van der Waals surface area contributed by atoms with Gasteiger partial charge >= 0.3 is 0 Å². The molecule has 22 heavy (non-hydrogen) atoms. The van der Waals surface area contributed by atoms with Gasteiger partial charge in [-0.2, -0.15) is 0 Å². The lowest BCUT2D eigenvalue weighted by molar-refractivity contribution is -0.122. The largest absolute Gasteiger partial charge is 0.497 e. The van der Waals surface area contributed by atoms with E-state index in [4.69, 9.17) is 14.2 Å². The van der Waals surface area contributed by atoms with Gasteiger partial charge in [0.05, 0.1) is 19.9 Å². The Labute approximate surface area is 128 Å². The molecule has 0 radical (unpaired) electrons. The van der Waals surface area contributed by atoms with Crippen LogP contribution in [0.5, 0.6) is 17.2 Å². The molecule has 114 valence electrons. The van der Waals surface area contributed by atoms with Gasteiger partial charge in [0.2, 0.25) is 0 Å². The van der Waals surface area contributed by atoms with Gasteiger partial charge in [-0.25, -0.2) is 0 Å². The van der Waals surface area contributed by atoms with Crippen molar-refractivity contribution in [1.29, 1.82) is 0 Å². The van der Waals surface area contributed by atoms with Crippen LogP contribution in [0, 0.1) is 0 Å². The quantitative estimate of drug-likeness (QED) is 0.943. The fraction of sp³-hybridized carbons (Fsp3) is 0.235. The zero-order valence-corrected chi connectivity index (χ0v) is 12.5. The molecule has 1 heterocycles. The molecule has 5 nitrogen and oxygen atoms in total. The monoisotopic (exact) mass is 299 g/mol. The molecule has 1 N–H and O–H groups in total. The van der Waals surface area contributed by atoms with Crippen LogP contribution in [0.2, 0.25) is 0 Å². The van der Waals surface area contributed by atoms with Crippen LogP contribution in [0.25, 0.3) is 0 Å². The fourth-order valence-electron chi connectivity index (χ4n) is 2.45. The molecule has 0 saturated heterocycles. The van der Waals surface area contributed by atoms with Gasteiger partial charge in [-0.1, -0.05) is 18.2 Å². The second-order valence-electron chi connectivity index (χ2n) is 4.97. The number of nitrogens with one attached hydrogen (secondary N) is 1. The Bertz CT molecular complexity index is 674. The Morgan fingerprint density at radius 3 is 2.73 bits per heavy atom. The summed E-state index contributed by atoms with van der Waals surface area (Å²) in [7, 11) is 3.13. The molecule has 5 heteroatoms. The van der Waals surface area contributed by atoms with E-state index >= 15 is 0 Å². The highest BCUT2D eigenvalue weighted by Crippen LogP contribution is 2.31. The minimum absolute atomic E-state index is 0.206. The Hall–Kier alpha value is -2.69. The smallest absolute Gasteiger partial charge is 0.265 e. The minimum Gasteiger partial charge on any atom is -0.497 e. The molecule has 3 rings (SSSR count). The molecule has 0 fully saturated rings. The summed E-state index contributed by atoms with van der Waals surface area (Å²) in [6, 6.07) is 12.9. The molecule has 0 spiro atoms. The lowest BCUT2D eigenvalue weighted by Crippen LogP contribution is -2.31. The highest BCUT2D eigenvalue weighted by molar-refractivity contribution is 5.96. The van der Waals surface area contributed by atoms with Gasteiger partial charge < -0.3 is 19.5 Å². The number of anilines is 1. The van der Waals surface area contributed by atoms with Gasteiger partial charge in [0, 0.05) is 12.5 Å². The first-order valence-electron chi connectivity index (χ1n) is 6.98. The Morgan fingerprint density at radius 1 is 1.18 bits per heavy atom. The number of fused-ring (bicyclic) bond motifs is 1. The van der Waals surface area contributed by atoms with E-state index in [9.17, 15) is 4.79 Å². The number of carbonyl (C=O) groups is 1. The first-order valence-corrected chi connectivity index (χ1v) is 6.98. The lowest BCUT2D eigenvalue weighted by atomic mass is 10.1. The number of rotatable bonds is 4. The van der Waals surface area contributed by atoms with Crippen LogP contribution in [-0.2, 0) is 11.2 Å². The molecular weight excluding hydrogens is 282 g/mol. The van der Waals surface area contributed by atoms with Crippen LogP contribution in [0.15, 0.2) is 42.5 Å². The van der Waals surface area contributed by atoms with Crippen LogP contribution in [-0.4, -0.2) is 26.2 Å². The van der Waals surface area contributed by atoms with Gasteiger partial charge in [0.25, 0.3) is 5.91 Å². The molecule has 2 aromatic carbocycles.